The molecule has 0 saturated carbocycles. The van der Waals surface area contributed by atoms with Gasteiger partial charge in [0.2, 0.25) is 0 Å². The zero-order valence-corrected chi connectivity index (χ0v) is 18.1. The van der Waals surface area contributed by atoms with E-state index in [4.69, 9.17) is 9.47 Å². The van der Waals surface area contributed by atoms with Gasteiger partial charge in [-0.15, -0.1) is 0 Å². The Labute approximate surface area is 173 Å². The first-order valence-electron chi connectivity index (χ1n) is 8.99. The van der Waals surface area contributed by atoms with Crippen molar-refractivity contribution in [2.75, 3.05) is 26.7 Å². The van der Waals surface area contributed by atoms with Gasteiger partial charge in [-0.3, -0.25) is 0 Å². The first kappa shape index (κ1) is 21.8. The predicted molar refractivity (Wildman–Crippen MR) is 112 cm³/mol. The maximum absolute atomic E-state index is 5.58. The molecule has 0 bridgehead atoms. The Morgan fingerprint density at radius 1 is 0.667 bits per heavy atom. The van der Waals surface area contributed by atoms with Crippen molar-refractivity contribution < 1.29 is 26.5 Å². The van der Waals surface area contributed by atoms with Gasteiger partial charge in [0.1, 0.15) is 30.0 Å². The number of hydrogen-bond acceptors (Lipinski definition) is 2. The van der Waals surface area contributed by atoms with Gasteiger partial charge in [0.05, 0.1) is 12.8 Å². The van der Waals surface area contributed by atoms with Crippen molar-refractivity contribution in [3.63, 3.8) is 0 Å². The maximum Gasteiger partial charge on any atom is 0.146 e. The van der Waals surface area contributed by atoms with E-state index in [1.165, 1.54) is 15.9 Å². The summed E-state index contributed by atoms with van der Waals surface area (Å²) in [4.78, 5) is 0. The Bertz CT molecular complexity index is 669. The third kappa shape index (κ3) is 5.27. The molecule has 0 aliphatic rings. The Kier molecular flexibility index (Phi) is 9.17. The SMILES string of the molecule is COCOCCC[P+](c1ccccc1)(c1ccccc1)c1ccccc1.[Br-]. The molecule has 142 valence electrons. The van der Waals surface area contributed by atoms with Crippen molar-refractivity contribution >= 4 is 23.2 Å². The van der Waals surface area contributed by atoms with Crippen LogP contribution in [0.4, 0.5) is 0 Å². The van der Waals surface area contributed by atoms with Crippen molar-refractivity contribution in [2.24, 2.45) is 0 Å². The van der Waals surface area contributed by atoms with E-state index in [0.717, 1.165) is 12.6 Å². The van der Waals surface area contributed by atoms with Crippen LogP contribution in [0.3, 0.4) is 0 Å². The van der Waals surface area contributed by atoms with Gasteiger partial charge in [0.25, 0.3) is 0 Å². The molecule has 3 aromatic carbocycles. The molecule has 2 nitrogen and oxygen atoms in total. The van der Waals surface area contributed by atoms with Crippen LogP contribution in [0.25, 0.3) is 0 Å². The van der Waals surface area contributed by atoms with E-state index in [1.54, 1.807) is 7.11 Å². The zero-order valence-electron chi connectivity index (χ0n) is 15.6. The van der Waals surface area contributed by atoms with E-state index in [2.05, 4.69) is 91.0 Å². The molecule has 0 spiro atoms. The highest BCUT2D eigenvalue weighted by molar-refractivity contribution is 7.95. The number of methoxy groups -OCH3 is 1. The van der Waals surface area contributed by atoms with Crippen LogP contribution in [0.5, 0.6) is 0 Å². The minimum Gasteiger partial charge on any atom is -1.00 e. The molecule has 0 amide bonds. The van der Waals surface area contributed by atoms with Gasteiger partial charge in [-0.2, -0.15) is 0 Å². The van der Waals surface area contributed by atoms with Crippen LogP contribution >= 0.6 is 7.26 Å². The Hall–Kier alpha value is -1.51. The van der Waals surface area contributed by atoms with Crippen molar-refractivity contribution in [2.45, 2.75) is 6.42 Å². The van der Waals surface area contributed by atoms with E-state index in [1.807, 2.05) is 0 Å². The van der Waals surface area contributed by atoms with Crippen LogP contribution in [0, 0.1) is 0 Å². The fourth-order valence-electron chi connectivity index (χ4n) is 3.43. The van der Waals surface area contributed by atoms with E-state index in [9.17, 15) is 0 Å². The van der Waals surface area contributed by atoms with Gasteiger partial charge in [0.15, 0.2) is 0 Å². The molecule has 0 heterocycles. The quantitative estimate of drug-likeness (QED) is 0.278. The smallest absolute Gasteiger partial charge is 0.146 e. The van der Waals surface area contributed by atoms with Gasteiger partial charge < -0.3 is 26.5 Å². The largest absolute Gasteiger partial charge is 1.00 e. The Balaban J connectivity index is 0.00000261. The lowest BCUT2D eigenvalue weighted by Gasteiger charge is -2.27. The maximum atomic E-state index is 5.58. The fourth-order valence-corrected chi connectivity index (χ4v) is 7.74. The van der Waals surface area contributed by atoms with Crippen LogP contribution in [0.1, 0.15) is 6.42 Å². The highest BCUT2D eigenvalue weighted by atomic mass is 79.9. The van der Waals surface area contributed by atoms with Crippen molar-refractivity contribution in [3.8, 4) is 0 Å². The normalized spacial score (nSPS) is 11.0. The third-order valence-electron chi connectivity index (χ3n) is 4.57. The topological polar surface area (TPSA) is 18.5 Å². The fraction of sp³-hybridized carbons (Fsp3) is 0.217. The molecular weight excluding hydrogens is 419 g/mol. The summed E-state index contributed by atoms with van der Waals surface area (Å²) < 4.78 is 10.6. The molecule has 4 heteroatoms. The third-order valence-corrected chi connectivity index (χ3v) is 9.10. The molecule has 0 fully saturated rings. The van der Waals surface area contributed by atoms with E-state index < -0.39 is 7.26 Å². The lowest BCUT2D eigenvalue weighted by molar-refractivity contribution is -0.0298. The van der Waals surface area contributed by atoms with Crippen LogP contribution < -0.4 is 32.9 Å². The molecule has 0 radical (unpaired) electrons. The second-order valence-corrected chi connectivity index (χ2v) is 9.82. The minimum absolute atomic E-state index is 0. The Morgan fingerprint density at radius 3 is 1.44 bits per heavy atom. The van der Waals surface area contributed by atoms with E-state index in [-0.39, 0.29) is 17.0 Å². The summed E-state index contributed by atoms with van der Waals surface area (Å²) in [6.07, 6.45) is 2.07. The molecular formula is C23H26BrO2P. The molecule has 0 N–H and O–H groups in total. The summed E-state index contributed by atoms with van der Waals surface area (Å²) in [5, 5.41) is 4.26. The monoisotopic (exact) mass is 444 g/mol. The number of rotatable bonds is 9. The number of hydrogen-bond donors (Lipinski definition) is 0. The van der Waals surface area contributed by atoms with Crippen molar-refractivity contribution in [1.29, 1.82) is 0 Å². The van der Waals surface area contributed by atoms with Gasteiger partial charge in [0, 0.05) is 13.5 Å². The van der Waals surface area contributed by atoms with Crippen molar-refractivity contribution in [1.82, 2.24) is 0 Å². The van der Waals surface area contributed by atoms with Crippen LogP contribution in [0.15, 0.2) is 91.0 Å². The molecule has 0 aromatic heterocycles. The first-order valence-corrected chi connectivity index (χ1v) is 11.0. The highest BCUT2D eigenvalue weighted by Gasteiger charge is 2.44. The molecule has 3 rings (SSSR count). The summed E-state index contributed by atoms with van der Waals surface area (Å²) >= 11 is 0. The van der Waals surface area contributed by atoms with Crippen LogP contribution in [-0.4, -0.2) is 26.7 Å². The van der Waals surface area contributed by atoms with Gasteiger partial charge >= 0.3 is 0 Å². The summed E-state index contributed by atoms with van der Waals surface area (Å²) in [6, 6.07) is 32.9. The standard InChI is InChI=1S/C23H26O2P.BrH/c1-24-20-25-18-11-19-26(21-12-5-2-6-13-21,22-14-7-3-8-15-22)23-16-9-4-10-17-23;/h2-10,12-17H,11,18-20H2,1H3;1H/q+1;/p-1. The van der Waals surface area contributed by atoms with Gasteiger partial charge in [-0.05, 0) is 36.4 Å². The summed E-state index contributed by atoms with van der Waals surface area (Å²) in [5.41, 5.74) is 0. The first-order chi connectivity index (χ1) is 12.9. The lowest BCUT2D eigenvalue weighted by atomic mass is 10.4. The second kappa shape index (κ2) is 11.4. The molecule has 0 unspecified atom stereocenters. The molecule has 0 aliphatic carbocycles. The molecule has 0 atom stereocenters. The van der Waals surface area contributed by atoms with Crippen molar-refractivity contribution in [3.05, 3.63) is 91.0 Å². The van der Waals surface area contributed by atoms with E-state index in [0.29, 0.717) is 13.4 Å². The zero-order chi connectivity index (χ0) is 18.1. The minimum atomic E-state index is -1.72. The average Bonchev–Trinajstić information content (AvgIpc) is 2.73. The van der Waals surface area contributed by atoms with Crippen LogP contribution in [-0.2, 0) is 9.47 Å². The molecule has 27 heavy (non-hydrogen) atoms. The molecule has 0 saturated heterocycles. The highest BCUT2D eigenvalue weighted by Crippen LogP contribution is 2.55. The second-order valence-electron chi connectivity index (χ2n) is 6.21. The average molecular weight is 445 g/mol. The number of benzene rings is 3. The number of ether oxygens (including phenoxy) is 2. The summed E-state index contributed by atoms with van der Waals surface area (Å²) in [6.45, 7) is 1.07. The van der Waals surface area contributed by atoms with Crippen LogP contribution in [0.2, 0.25) is 0 Å². The predicted octanol–water partition coefficient (Wildman–Crippen LogP) is 0.995. The van der Waals surface area contributed by atoms with E-state index >= 15 is 0 Å². The number of halogens is 1. The molecule has 3 aromatic rings. The molecule has 0 aliphatic heterocycles. The lowest BCUT2D eigenvalue weighted by Crippen LogP contribution is -3.00. The van der Waals surface area contributed by atoms with Gasteiger partial charge in [-0.1, -0.05) is 54.6 Å². The summed E-state index contributed by atoms with van der Waals surface area (Å²) in [7, 11) is -0.0608. The Morgan fingerprint density at radius 2 is 1.07 bits per heavy atom. The van der Waals surface area contributed by atoms with Gasteiger partial charge in [-0.25, -0.2) is 0 Å². The summed E-state index contributed by atoms with van der Waals surface area (Å²) in [5.74, 6) is 0.